The quantitative estimate of drug-likeness (QED) is 0.745. The van der Waals surface area contributed by atoms with Crippen LogP contribution < -0.4 is 0 Å². The van der Waals surface area contributed by atoms with Crippen molar-refractivity contribution in [3.8, 4) is 0 Å². The lowest BCUT2D eigenvalue weighted by Gasteiger charge is -2.16. The molecule has 100 valence electrons. The lowest BCUT2D eigenvalue weighted by Crippen LogP contribution is -2.30. The Kier molecular flexibility index (Phi) is 4.95. The number of nitrogens with zero attached hydrogens (tertiary/aromatic N) is 2. The van der Waals surface area contributed by atoms with Crippen LogP contribution in [0.4, 0.5) is 0 Å². The van der Waals surface area contributed by atoms with Gasteiger partial charge >= 0.3 is 5.97 Å². The molecule has 0 aliphatic heterocycles. The summed E-state index contributed by atoms with van der Waals surface area (Å²) >= 11 is 0. The van der Waals surface area contributed by atoms with Crippen molar-refractivity contribution in [2.24, 2.45) is 0 Å². The first-order valence-corrected chi connectivity index (χ1v) is 6.08. The Hall–Kier alpha value is -1.78. The van der Waals surface area contributed by atoms with Gasteiger partial charge in [-0.1, -0.05) is 0 Å². The van der Waals surface area contributed by atoms with Crippen LogP contribution in [0.3, 0.4) is 0 Å². The molecule has 0 aliphatic carbocycles. The molecule has 0 aromatic carbocycles. The Bertz CT molecular complexity index is 437. The highest BCUT2D eigenvalue weighted by atomic mass is 16.5. The van der Waals surface area contributed by atoms with Gasteiger partial charge < -0.3 is 14.2 Å². The number of carbonyl (C=O) groups excluding carboxylic acids is 2. The normalized spacial score (nSPS) is 10.2. The van der Waals surface area contributed by atoms with Gasteiger partial charge in [0.25, 0.3) is 0 Å². The summed E-state index contributed by atoms with van der Waals surface area (Å²) < 4.78 is 6.63. The van der Waals surface area contributed by atoms with Gasteiger partial charge in [0.1, 0.15) is 12.2 Å². The number of carbonyl (C=O) groups is 2. The zero-order valence-corrected chi connectivity index (χ0v) is 11.4. The van der Waals surface area contributed by atoms with Gasteiger partial charge in [-0.25, -0.2) is 4.79 Å². The second-order valence-corrected chi connectivity index (χ2v) is 4.10. The second kappa shape index (κ2) is 6.23. The zero-order chi connectivity index (χ0) is 13.7. The van der Waals surface area contributed by atoms with Crippen LogP contribution in [0.15, 0.2) is 12.3 Å². The maximum absolute atomic E-state index is 11.8. The summed E-state index contributed by atoms with van der Waals surface area (Å²) in [5.74, 6) is -0.411. The van der Waals surface area contributed by atoms with Gasteiger partial charge in [-0.3, -0.25) is 4.79 Å². The van der Waals surface area contributed by atoms with E-state index < -0.39 is 0 Å². The standard InChI is InChI=1S/C13H20N2O3/c1-5-14(4)11(16)9-15-8-7-10(3)12(15)13(17)18-6-2/h7-8H,5-6,9H2,1-4H3. The monoisotopic (exact) mass is 252 g/mol. The van der Waals surface area contributed by atoms with Gasteiger partial charge in [-0.15, -0.1) is 0 Å². The fourth-order valence-corrected chi connectivity index (χ4v) is 1.63. The van der Waals surface area contributed by atoms with Crippen molar-refractivity contribution in [3.63, 3.8) is 0 Å². The number of ether oxygens (including phenoxy) is 1. The van der Waals surface area contributed by atoms with Crippen LogP contribution in [0.5, 0.6) is 0 Å². The first-order valence-electron chi connectivity index (χ1n) is 6.08. The predicted octanol–water partition coefficient (Wildman–Crippen LogP) is 1.45. The smallest absolute Gasteiger partial charge is 0.355 e. The molecule has 1 heterocycles. The first kappa shape index (κ1) is 14.3. The number of esters is 1. The van der Waals surface area contributed by atoms with Crippen molar-refractivity contribution in [2.45, 2.75) is 27.3 Å². The molecular weight excluding hydrogens is 232 g/mol. The van der Waals surface area contributed by atoms with Gasteiger partial charge in [0, 0.05) is 19.8 Å². The molecule has 5 heteroatoms. The molecule has 0 atom stereocenters. The molecule has 0 spiro atoms. The summed E-state index contributed by atoms with van der Waals surface area (Å²) in [6.45, 7) is 6.63. The second-order valence-electron chi connectivity index (χ2n) is 4.10. The number of aromatic nitrogens is 1. The summed E-state index contributed by atoms with van der Waals surface area (Å²) in [7, 11) is 1.74. The Morgan fingerprint density at radius 1 is 1.39 bits per heavy atom. The minimum atomic E-state index is -0.382. The van der Waals surface area contributed by atoms with Gasteiger partial charge in [0.05, 0.1) is 6.61 Å². The Morgan fingerprint density at radius 2 is 2.06 bits per heavy atom. The number of hydrogen-bond acceptors (Lipinski definition) is 3. The van der Waals surface area contributed by atoms with Crippen molar-refractivity contribution in [1.29, 1.82) is 0 Å². The topological polar surface area (TPSA) is 51.5 Å². The number of amides is 1. The van der Waals surface area contributed by atoms with Crippen molar-refractivity contribution >= 4 is 11.9 Å². The molecule has 0 unspecified atom stereocenters. The molecule has 0 aliphatic rings. The molecule has 18 heavy (non-hydrogen) atoms. The average Bonchev–Trinajstić information content (AvgIpc) is 2.69. The third-order valence-electron chi connectivity index (χ3n) is 2.84. The third kappa shape index (κ3) is 3.12. The molecule has 0 radical (unpaired) electrons. The fraction of sp³-hybridized carbons (Fsp3) is 0.538. The number of aryl methyl sites for hydroxylation is 1. The van der Waals surface area contributed by atoms with E-state index in [1.54, 1.807) is 29.6 Å². The molecule has 0 saturated heterocycles. The van der Waals surface area contributed by atoms with E-state index in [0.29, 0.717) is 18.8 Å². The van der Waals surface area contributed by atoms with Gasteiger partial charge in [0.2, 0.25) is 5.91 Å². The highest BCUT2D eigenvalue weighted by molar-refractivity contribution is 5.90. The molecule has 1 aromatic heterocycles. The van der Waals surface area contributed by atoms with Crippen molar-refractivity contribution in [3.05, 3.63) is 23.5 Å². The average molecular weight is 252 g/mol. The summed E-state index contributed by atoms with van der Waals surface area (Å²) in [6, 6.07) is 1.81. The van der Waals surface area contributed by atoms with E-state index in [2.05, 4.69) is 0 Å². The van der Waals surface area contributed by atoms with E-state index in [9.17, 15) is 9.59 Å². The number of likely N-dealkylation sites (N-methyl/N-ethyl adjacent to an activating group) is 1. The molecular formula is C13H20N2O3. The van der Waals surface area contributed by atoms with E-state index >= 15 is 0 Å². The van der Waals surface area contributed by atoms with E-state index in [1.807, 2.05) is 19.9 Å². The number of hydrogen-bond donors (Lipinski definition) is 0. The van der Waals surface area contributed by atoms with E-state index in [0.717, 1.165) is 5.56 Å². The Balaban J connectivity index is 2.90. The van der Waals surface area contributed by atoms with Gasteiger partial charge in [-0.2, -0.15) is 0 Å². The molecule has 5 nitrogen and oxygen atoms in total. The highest BCUT2D eigenvalue weighted by Gasteiger charge is 2.18. The van der Waals surface area contributed by atoms with Crippen LogP contribution in [0, 0.1) is 6.92 Å². The van der Waals surface area contributed by atoms with Crippen LogP contribution in [-0.2, 0) is 16.1 Å². The van der Waals surface area contributed by atoms with Crippen LogP contribution in [0.2, 0.25) is 0 Å². The molecule has 0 saturated carbocycles. The molecule has 0 N–H and O–H groups in total. The van der Waals surface area contributed by atoms with E-state index in [4.69, 9.17) is 4.74 Å². The Morgan fingerprint density at radius 3 is 2.61 bits per heavy atom. The van der Waals surface area contributed by atoms with E-state index in [1.165, 1.54) is 0 Å². The maximum Gasteiger partial charge on any atom is 0.355 e. The molecule has 0 fully saturated rings. The minimum Gasteiger partial charge on any atom is -0.461 e. The van der Waals surface area contributed by atoms with Crippen LogP contribution in [0.1, 0.15) is 29.9 Å². The van der Waals surface area contributed by atoms with Gasteiger partial charge in [0.15, 0.2) is 0 Å². The van der Waals surface area contributed by atoms with Crippen LogP contribution in [0.25, 0.3) is 0 Å². The van der Waals surface area contributed by atoms with E-state index in [-0.39, 0.29) is 18.4 Å². The molecule has 1 rings (SSSR count). The largest absolute Gasteiger partial charge is 0.461 e. The zero-order valence-electron chi connectivity index (χ0n) is 11.4. The third-order valence-corrected chi connectivity index (χ3v) is 2.84. The summed E-state index contributed by atoms with van der Waals surface area (Å²) in [5, 5.41) is 0. The maximum atomic E-state index is 11.8. The van der Waals surface area contributed by atoms with Gasteiger partial charge in [-0.05, 0) is 32.4 Å². The predicted molar refractivity (Wildman–Crippen MR) is 68.4 cm³/mol. The summed E-state index contributed by atoms with van der Waals surface area (Å²) in [4.78, 5) is 25.3. The van der Waals surface area contributed by atoms with Crippen LogP contribution in [-0.4, -0.2) is 41.5 Å². The van der Waals surface area contributed by atoms with Crippen molar-refractivity contribution in [1.82, 2.24) is 9.47 Å². The first-order chi connectivity index (χ1) is 8.51. The number of rotatable bonds is 5. The van der Waals surface area contributed by atoms with Crippen molar-refractivity contribution < 1.29 is 14.3 Å². The van der Waals surface area contributed by atoms with Crippen LogP contribution >= 0.6 is 0 Å². The molecule has 0 bridgehead atoms. The molecule has 1 aromatic rings. The lowest BCUT2D eigenvalue weighted by molar-refractivity contribution is -0.130. The summed E-state index contributed by atoms with van der Waals surface area (Å²) in [5.41, 5.74) is 1.27. The lowest BCUT2D eigenvalue weighted by atomic mass is 10.3. The fourth-order valence-electron chi connectivity index (χ4n) is 1.63. The summed E-state index contributed by atoms with van der Waals surface area (Å²) in [6.07, 6.45) is 1.74. The SMILES string of the molecule is CCOC(=O)c1c(C)ccn1CC(=O)N(C)CC. The van der Waals surface area contributed by atoms with Crippen molar-refractivity contribution in [2.75, 3.05) is 20.2 Å². The Labute approximate surface area is 107 Å². The highest BCUT2D eigenvalue weighted by Crippen LogP contribution is 2.12. The molecule has 1 amide bonds. The minimum absolute atomic E-state index is 0.0290.